The molecule has 0 unspecified atom stereocenters. The molecule has 0 bridgehead atoms. The van der Waals surface area contributed by atoms with E-state index in [1.54, 1.807) is 0 Å². The van der Waals surface area contributed by atoms with Crippen LogP contribution in [-0.2, 0) is 14.3 Å². The van der Waals surface area contributed by atoms with Crippen molar-refractivity contribution in [3.05, 3.63) is 24.3 Å². The molecular formula is C13H20O3. The van der Waals surface area contributed by atoms with Crippen LogP contribution in [0, 0.1) is 0 Å². The monoisotopic (exact) mass is 224 g/mol. The maximum absolute atomic E-state index is 10.8. The lowest BCUT2D eigenvalue weighted by molar-refractivity contribution is -0.140. The zero-order chi connectivity index (χ0) is 12.1. The molecular weight excluding hydrogens is 204 g/mol. The highest BCUT2D eigenvalue weighted by Gasteiger charge is 1.94. The number of ether oxygens (including phenoxy) is 1. The van der Waals surface area contributed by atoms with E-state index in [2.05, 4.69) is 16.9 Å². The maximum Gasteiger partial charge on any atom is 0.305 e. The van der Waals surface area contributed by atoms with Gasteiger partial charge in [0.2, 0.25) is 0 Å². The third kappa shape index (κ3) is 10.7. The summed E-state index contributed by atoms with van der Waals surface area (Å²) in [5.74, 6) is -0.168. The van der Waals surface area contributed by atoms with Crippen molar-refractivity contribution in [1.82, 2.24) is 0 Å². The highest BCUT2D eigenvalue weighted by Crippen LogP contribution is 1.99. The first kappa shape index (κ1) is 14.6. The van der Waals surface area contributed by atoms with Crippen molar-refractivity contribution in [1.29, 1.82) is 0 Å². The van der Waals surface area contributed by atoms with Crippen LogP contribution in [0.3, 0.4) is 0 Å². The average Bonchev–Trinajstić information content (AvgIpc) is 2.31. The highest BCUT2D eigenvalue weighted by atomic mass is 16.5. The molecule has 16 heavy (non-hydrogen) atoms. The van der Waals surface area contributed by atoms with Crippen molar-refractivity contribution < 1.29 is 14.3 Å². The van der Waals surface area contributed by atoms with Crippen molar-refractivity contribution in [3.8, 4) is 0 Å². The Bertz CT molecular complexity index is 242. The molecule has 0 saturated carbocycles. The molecule has 0 aliphatic heterocycles. The van der Waals surface area contributed by atoms with Gasteiger partial charge in [-0.05, 0) is 25.7 Å². The molecule has 90 valence electrons. The summed E-state index contributed by atoms with van der Waals surface area (Å²) in [5, 5.41) is 0. The van der Waals surface area contributed by atoms with E-state index >= 15 is 0 Å². The molecule has 0 aromatic heterocycles. The van der Waals surface area contributed by atoms with Crippen LogP contribution in [0.15, 0.2) is 24.3 Å². The Morgan fingerprint density at radius 1 is 0.938 bits per heavy atom. The summed E-state index contributed by atoms with van der Waals surface area (Å²) in [6.07, 6.45) is 13.7. The zero-order valence-corrected chi connectivity index (χ0v) is 9.85. The van der Waals surface area contributed by atoms with Crippen molar-refractivity contribution in [2.75, 3.05) is 7.11 Å². The Balaban J connectivity index is 3.30. The zero-order valence-electron chi connectivity index (χ0n) is 9.85. The van der Waals surface area contributed by atoms with E-state index in [1.165, 1.54) is 7.11 Å². The second kappa shape index (κ2) is 11.7. The molecule has 0 radical (unpaired) electrons. The van der Waals surface area contributed by atoms with E-state index in [0.717, 1.165) is 32.0 Å². The van der Waals surface area contributed by atoms with Crippen LogP contribution in [0.25, 0.3) is 0 Å². The van der Waals surface area contributed by atoms with Gasteiger partial charge in [0.25, 0.3) is 0 Å². The predicted molar refractivity (Wildman–Crippen MR) is 64.1 cm³/mol. The SMILES string of the molecule is COC(=O)CC/C=C/CC/C=C/CCC=O. The topological polar surface area (TPSA) is 43.4 Å². The molecule has 0 aliphatic carbocycles. The quantitative estimate of drug-likeness (QED) is 0.262. The first-order valence-electron chi connectivity index (χ1n) is 5.61. The van der Waals surface area contributed by atoms with Gasteiger partial charge in [0.15, 0.2) is 0 Å². The summed E-state index contributed by atoms with van der Waals surface area (Å²) in [6, 6.07) is 0. The van der Waals surface area contributed by atoms with Crippen LogP contribution in [0.1, 0.15) is 38.5 Å². The lowest BCUT2D eigenvalue weighted by Gasteiger charge is -1.93. The Morgan fingerprint density at radius 2 is 1.44 bits per heavy atom. The van der Waals surface area contributed by atoms with Crippen LogP contribution < -0.4 is 0 Å². The fourth-order valence-corrected chi connectivity index (χ4v) is 1.13. The molecule has 0 aliphatic rings. The molecule has 0 amide bonds. The molecule has 3 nitrogen and oxygen atoms in total. The fourth-order valence-electron chi connectivity index (χ4n) is 1.13. The molecule has 0 aromatic carbocycles. The van der Waals surface area contributed by atoms with Gasteiger partial charge < -0.3 is 9.53 Å². The molecule has 0 N–H and O–H groups in total. The Hall–Kier alpha value is -1.38. The van der Waals surface area contributed by atoms with Gasteiger partial charge in [-0.3, -0.25) is 4.79 Å². The number of rotatable bonds is 9. The first-order valence-corrected chi connectivity index (χ1v) is 5.61. The minimum atomic E-state index is -0.168. The molecule has 0 aromatic rings. The molecule has 0 fully saturated rings. The van der Waals surface area contributed by atoms with Crippen molar-refractivity contribution in [3.63, 3.8) is 0 Å². The Kier molecular flexibility index (Phi) is 10.7. The predicted octanol–water partition coefficient (Wildman–Crippen LogP) is 2.81. The van der Waals surface area contributed by atoms with Crippen molar-refractivity contribution in [2.24, 2.45) is 0 Å². The van der Waals surface area contributed by atoms with E-state index in [0.29, 0.717) is 12.8 Å². The number of carbonyl (C=O) groups excluding carboxylic acids is 2. The lowest BCUT2D eigenvalue weighted by Crippen LogP contribution is -1.97. The molecule has 0 saturated heterocycles. The van der Waals surface area contributed by atoms with E-state index < -0.39 is 0 Å². The molecule has 0 rings (SSSR count). The number of allylic oxidation sites excluding steroid dienone is 4. The number of hydrogen-bond acceptors (Lipinski definition) is 3. The van der Waals surface area contributed by atoms with Crippen LogP contribution in [0.2, 0.25) is 0 Å². The van der Waals surface area contributed by atoms with Crippen molar-refractivity contribution >= 4 is 12.3 Å². The summed E-state index contributed by atoms with van der Waals surface area (Å²) in [4.78, 5) is 20.8. The number of aldehydes is 1. The molecule has 0 heterocycles. The summed E-state index contributed by atoms with van der Waals surface area (Å²) < 4.78 is 4.52. The number of unbranched alkanes of at least 4 members (excludes halogenated alkanes) is 2. The summed E-state index contributed by atoms with van der Waals surface area (Å²) in [6.45, 7) is 0. The molecule has 3 heteroatoms. The molecule has 0 spiro atoms. The standard InChI is InChI=1S/C13H20O3/c1-16-13(15)11-9-7-5-3-2-4-6-8-10-12-14/h4-7,12H,2-3,8-11H2,1H3/b6-4+,7-5+. The van der Waals surface area contributed by atoms with E-state index in [9.17, 15) is 9.59 Å². The van der Waals surface area contributed by atoms with Gasteiger partial charge in [0, 0.05) is 12.8 Å². The van der Waals surface area contributed by atoms with Crippen LogP contribution >= 0.6 is 0 Å². The van der Waals surface area contributed by atoms with E-state index in [-0.39, 0.29) is 5.97 Å². The summed E-state index contributed by atoms with van der Waals surface area (Å²) in [5.41, 5.74) is 0. The third-order valence-electron chi connectivity index (χ3n) is 2.03. The van der Waals surface area contributed by atoms with Gasteiger partial charge in [0.1, 0.15) is 6.29 Å². The summed E-state index contributed by atoms with van der Waals surface area (Å²) in [7, 11) is 1.40. The van der Waals surface area contributed by atoms with Crippen LogP contribution in [-0.4, -0.2) is 19.4 Å². The van der Waals surface area contributed by atoms with Gasteiger partial charge >= 0.3 is 5.97 Å². The highest BCUT2D eigenvalue weighted by molar-refractivity contribution is 5.69. The third-order valence-corrected chi connectivity index (χ3v) is 2.03. The smallest absolute Gasteiger partial charge is 0.305 e. The number of esters is 1. The maximum atomic E-state index is 10.8. The van der Waals surface area contributed by atoms with E-state index in [4.69, 9.17) is 0 Å². The van der Waals surface area contributed by atoms with Gasteiger partial charge in [-0.1, -0.05) is 24.3 Å². The Morgan fingerprint density at radius 3 is 1.94 bits per heavy atom. The van der Waals surface area contributed by atoms with Gasteiger partial charge in [-0.15, -0.1) is 0 Å². The van der Waals surface area contributed by atoms with Gasteiger partial charge in [-0.2, -0.15) is 0 Å². The van der Waals surface area contributed by atoms with Crippen LogP contribution in [0.4, 0.5) is 0 Å². The second-order valence-electron chi connectivity index (χ2n) is 3.38. The number of methoxy groups -OCH3 is 1. The molecule has 0 atom stereocenters. The minimum Gasteiger partial charge on any atom is -0.469 e. The minimum absolute atomic E-state index is 0.168. The van der Waals surface area contributed by atoms with Crippen LogP contribution in [0.5, 0.6) is 0 Å². The normalized spacial score (nSPS) is 11.1. The number of carbonyl (C=O) groups is 2. The first-order chi connectivity index (χ1) is 7.81. The van der Waals surface area contributed by atoms with E-state index in [1.807, 2.05) is 12.2 Å². The number of hydrogen-bond donors (Lipinski definition) is 0. The lowest BCUT2D eigenvalue weighted by atomic mass is 10.2. The largest absolute Gasteiger partial charge is 0.469 e. The average molecular weight is 224 g/mol. The van der Waals surface area contributed by atoms with Crippen molar-refractivity contribution in [2.45, 2.75) is 38.5 Å². The second-order valence-corrected chi connectivity index (χ2v) is 3.38. The Labute approximate surface area is 97.2 Å². The van der Waals surface area contributed by atoms with Gasteiger partial charge in [0.05, 0.1) is 7.11 Å². The summed E-state index contributed by atoms with van der Waals surface area (Å²) >= 11 is 0. The van der Waals surface area contributed by atoms with Gasteiger partial charge in [-0.25, -0.2) is 0 Å². The fraction of sp³-hybridized carbons (Fsp3) is 0.538.